The first-order chi connectivity index (χ1) is 12.0. The number of carbonyl (C=O) groups is 1. The van der Waals surface area contributed by atoms with Gasteiger partial charge in [-0.15, -0.1) is 16.8 Å². The average Bonchev–Trinajstić information content (AvgIpc) is 2.95. The lowest BCUT2D eigenvalue weighted by Crippen LogP contribution is -2.23. The van der Waals surface area contributed by atoms with Gasteiger partial charge in [0.2, 0.25) is 5.91 Å². The Hall–Kier alpha value is -2.48. The molecule has 1 aromatic heterocycles. The van der Waals surface area contributed by atoms with Crippen molar-refractivity contribution in [2.24, 2.45) is 0 Å². The van der Waals surface area contributed by atoms with Gasteiger partial charge in [-0.2, -0.15) is 0 Å². The van der Waals surface area contributed by atoms with E-state index in [1.807, 2.05) is 18.4 Å². The Labute approximate surface area is 151 Å². The molecule has 7 nitrogen and oxygen atoms in total. The number of methoxy groups -OCH3 is 2. The van der Waals surface area contributed by atoms with Crippen molar-refractivity contribution < 1.29 is 14.3 Å². The summed E-state index contributed by atoms with van der Waals surface area (Å²) in [7, 11) is 3.12. The number of anilines is 1. The summed E-state index contributed by atoms with van der Waals surface area (Å²) in [6.07, 6.45) is 1.77. The Bertz CT molecular complexity index is 760. The van der Waals surface area contributed by atoms with Crippen LogP contribution in [0.4, 0.5) is 5.69 Å². The lowest BCUT2D eigenvalue weighted by molar-refractivity contribution is -0.115. The van der Waals surface area contributed by atoms with Crippen molar-refractivity contribution in [1.29, 1.82) is 0 Å². The van der Waals surface area contributed by atoms with Gasteiger partial charge in [0.25, 0.3) is 0 Å². The molecule has 0 bridgehead atoms. The minimum absolute atomic E-state index is 0.164. The predicted octanol–water partition coefficient (Wildman–Crippen LogP) is 2.91. The maximum absolute atomic E-state index is 12.6. The van der Waals surface area contributed by atoms with Gasteiger partial charge in [-0.1, -0.05) is 17.8 Å². The predicted molar refractivity (Wildman–Crippen MR) is 98.5 cm³/mol. The zero-order valence-electron chi connectivity index (χ0n) is 14.8. The zero-order valence-corrected chi connectivity index (χ0v) is 15.6. The van der Waals surface area contributed by atoms with Gasteiger partial charge in [0.1, 0.15) is 17.3 Å². The van der Waals surface area contributed by atoms with Crippen LogP contribution in [0.15, 0.2) is 36.0 Å². The molecule has 1 heterocycles. The lowest BCUT2D eigenvalue weighted by Gasteiger charge is -2.15. The number of allylic oxidation sites excluding steroid dienone is 1. The Morgan fingerprint density at radius 3 is 2.80 bits per heavy atom. The quantitative estimate of drug-likeness (QED) is 0.575. The number of amides is 1. The van der Waals surface area contributed by atoms with Crippen molar-refractivity contribution in [3.05, 3.63) is 36.7 Å². The van der Waals surface area contributed by atoms with Crippen molar-refractivity contribution in [2.75, 3.05) is 19.5 Å². The number of nitrogens with one attached hydrogen (secondary N) is 1. The summed E-state index contributed by atoms with van der Waals surface area (Å²) in [4.78, 5) is 12.6. The van der Waals surface area contributed by atoms with Gasteiger partial charge in [0, 0.05) is 12.6 Å². The highest BCUT2D eigenvalue weighted by Gasteiger charge is 2.20. The van der Waals surface area contributed by atoms with Crippen molar-refractivity contribution in [1.82, 2.24) is 14.8 Å². The van der Waals surface area contributed by atoms with E-state index in [1.165, 1.54) is 11.8 Å². The highest BCUT2D eigenvalue weighted by molar-refractivity contribution is 8.00. The molecule has 1 atom stereocenters. The van der Waals surface area contributed by atoms with E-state index in [1.54, 1.807) is 38.5 Å². The number of thioether (sulfide) groups is 1. The van der Waals surface area contributed by atoms with E-state index in [0.717, 1.165) is 5.82 Å². The van der Waals surface area contributed by atoms with Crippen LogP contribution in [0.2, 0.25) is 0 Å². The van der Waals surface area contributed by atoms with E-state index >= 15 is 0 Å². The molecule has 0 aliphatic carbocycles. The van der Waals surface area contributed by atoms with E-state index in [4.69, 9.17) is 9.47 Å². The number of rotatable bonds is 8. The fourth-order valence-electron chi connectivity index (χ4n) is 2.15. The smallest absolute Gasteiger partial charge is 0.237 e. The lowest BCUT2D eigenvalue weighted by atomic mass is 10.2. The van der Waals surface area contributed by atoms with Crippen LogP contribution in [0.25, 0.3) is 0 Å². The van der Waals surface area contributed by atoms with E-state index in [0.29, 0.717) is 28.9 Å². The standard InChI is InChI=1S/C17H22N4O3S/c1-6-9-21-12(3)19-20-17(21)25-11(2)16(22)18-14-10-13(23-4)7-8-15(14)24-5/h6-8,10-11H,1,9H2,2-5H3,(H,18,22). The second-order valence-corrected chi connectivity index (χ2v) is 6.55. The summed E-state index contributed by atoms with van der Waals surface area (Å²) in [5.41, 5.74) is 0.558. The van der Waals surface area contributed by atoms with Gasteiger partial charge < -0.3 is 19.4 Å². The minimum Gasteiger partial charge on any atom is -0.497 e. The van der Waals surface area contributed by atoms with Gasteiger partial charge in [-0.05, 0) is 26.0 Å². The van der Waals surface area contributed by atoms with Crippen LogP contribution in [-0.4, -0.2) is 40.1 Å². The van der Waals surface area contributed by atoms with Gasteiger partial charge >= 0.3 is 0 Å². The molecule has 1 aromatic carbocycles. The molecule has 0 saturated carbocycles. The maximum Gasteiger partial charge on any atom is 0.237 e. The van der Waals surface area contributed by atoms with Crippen molar-refractivity contribution in [3.8, 4) is 11.5 Å². The fraction of sp³-hybridized carbons (Fsp3) is 0.353. The highest BCUT2D eigenvalue weighted by atomic mass is 32.2. The van der Waals surface area contributed by atoms with Crippen LogP contribution in [0.3, 0.4) is 0 Å². The first-order valence-corrected chi connectivity index (χ1v) is 8.58. The van der Waals surface area contributed by atoms with Crippen molar-refractivity contribution in [3.63, 3.8) is 0 Å². The van der Waals surface area contributed by atoms with Crippen LogP contribution >= 0.6 is 11.8 Å². The van der Waals surface area contributed by atoms with Crippen molar-refractivity contribution >= 4 is 23.4 Å². The molecule has 2 rings (SSSR count). The molecule has 0 spiro atoms. The molecule has 0 radical (unpaired) electrons. The van der Waals surface area contributed by atoms with E-state index in [2.05, 4.69) is 22.1 Å². The first kappa shape index (κ1) is 18.9. The summed E-state index contributed by atoms with van der Waals surface area (Å²) in [5, 5.41) is 11.4. The van der Waals surface area contributed by atoms with Crippen LogP contribution in [0.5, 0.6) is 11.5 Å². The Morgan fingerprint density at radius 2 is 2.16 bits per heavy atom. The number of nitrogens with zero attached hydrogens (tertiary/aromatic N) is 3. The third kappa shape index (κ3) is 4.54. The molecule has 0 fully saturated rings. The normalized spacial score (nSPS) is 11.7. The molecule has 8 heteroatoms. The number of carbonyl (C=O) groups excluding carboxylic acids is 1. The van der Waals surface area contributed by atoms with Gasteiger partial charge in [-0.25, -0.2) is 0 Å². The largest absolute Gasteiger partial charge is 0.497 e. The van der Waals surface area contributed by atoms with Gasteiger partial charge in [0.15, 0.2) is 5.16 Å². The number of aryl methyl sites for hydroxylation is 1. The van der Waals surface area contributed by atoms with Crippen LogP contribution < -0.4 is 14.8 Å². The second kappa shape index (κ2) is 8.57. The van der Waals surface area contributed by atoms with Crippen molar-refractivity contribution in [2.45, 2.75) is 30.8 Å². The fourth-order valence-corrected chi connectivity index (χ4v) is 3.05. The summed E-state index contributed by atoms with van der Waals surface area (Å²) in [6.45, 7) is 8.01. The summed E-state index contributed by atoms with van der Waals surface area (Å²) >= 11 is 1.34. The molecule has 25 heavy (non-hydrogen) atoms. The van der Waals surface area contributed by atoms with E-state index in [-0.39, 0.29) is 11.2 Å². The maximum atomic E-state index is 12.6. The van der Waals surface area contributed by atoms with E-state index < -0.39 is 0 Å². The summed E-state index contributed by atoms with van der Waals surface area (Å²) in [6, 6.07) is 5.24. The molecule has 0 aliphatic rings. The minimum atomic E-state index is -0.372. The van der Waals surface area contributed by atoms with Gasteiger partial charge in [-0.3, -0.25) is 4.79 Å². The third-order valence-corrected chi connectivity index (χ3v) is 4.61. The molecule has 0 aliphatic heterocycles. The number of hydrogen-bond acceptors (Lipinski definition) is 6. The molecule has 2 aromatic rings. The van der Waals surface area contributed by atoms with Crippen LogP contribution in [0, 0.1) is 6.92 Å². The summed E-state index contributed by atoms with van der Waals surface area (Å²) < 4.78 is 12.4. The SMILES string of the molecule is C=CCn1c(C)nnc1SC(C)C(=O)Nc1cc(OC)ccc1OC. The highest BCUT2D eigenvalue weighted by Crippen LogP contribution is 2.30. The van der Waals surface area contributed by atoms with Gasteiger partial charge in [0.05, 0.1) is 25.2 Å². The monoisotopic (exact) mass is 362 g/mol. The Morgan fingerprint density at radius 1 is 1.40 bits per heavy atom. The topological polar surface area (TPSA) is 78.3 Å². The number of ether oxygens (including phenoxy) is 2. The summed E-state index contributed by atoms with van der Waals surface area (Å²) in [5.74, 6) is 1.82. The van der Waals surface area contributed by atoms with Crippen LogP contribution in [-0.2, 0) is 11.3 Å². The zero-order chi connectivity index (χ0) is 18.4. The number of hydrogen-bond donors (Lipinski definition) is 1. The Kier molecular flexibility index (Phi) is 6.46. The number of benzene rings is 1. The molecule has 1 amide bonds. The molecule has 0 saturated heterocycles. The van der Waals surface area contributed by atoms with Crippen LogP contribution in [0.1, 0.15) is 12.7 Å². The van der Waals surface area contributed by atoms with E-state index in [9.17, 15) is 4.79 Å². The molecule has 134 valence electrons. The molecule has 1 unspecified atom stereocenters. The average molecular weight is 362 g/mol. The number of aromatic nitrogens is 3. The molecular weight excluding hydrogens is 340 g/mol. The molecular formula is C17H22N4O3S. The second-order valence-electron chi connectivity index (χ2n) is 5.24. The molecule has 1 N–H and O–H groups in total. The first-order valence-electron chi connectivity index (χ1n) is 7.70. The third-order valence-electron chi connectivity index (χ3n) is 3.53. The Balaban J connectivity index is 2.12.